The highest BCUT2D eigenvalue weighted by atomic mass is 35.5. The van der Waals surface area contributed by atoms with Crippen molar-refractivity contribution in [1.29, 1.82) is 10.5 Å². The zero-order chi connectivity index (χ0) is 51.1. The number of ether oxygens (including phenoxy) is 2. The fraction of sp³-hybridized carbons (Fsp3) is 0.609. The Morgan fingerprint density at radius 2 is 1.11 bits per heavy atom. The summed E-state index contributed by atoms with van der Waals surface area (Å²) >= 11 is 11.9. The molecule has 4 fully saturated rings. The van der Waals surface area contributed by atoms with E-state index in [4.69, 9.17) is 41.6 Å². The molecule has 2 amide bonds. The first-order valence-electron chi connectivity index (χ1n) is 23.6. The second-order valence-electron chi connectivity index (χ2n) is 19.2. The highest BCUT2D eigenvalue weighted by Crippen LogP contribution is 2.34. The van der Waals surface area contributed by atoms with Crippen molar-refractivity contribution in [1.82, 2.24) is 54.8 Å². The molecule has 0 spiro atoms. The van der Waals surface area contributed by atoms with E-state index in [0.29, 0.717) is 78.5 Å². The second kappa shape index (κ2) is 26.2. The standard InChI is InChI=1S/C23H32N8O2S2.C18H21ClN6O2S2.C5H12N2/c1-23(2,3)33-22(32)31-7-5-16(6-8-31)34-21-27-18(26-20-25-15-17(14-24)35-20)13-19(28-21)30-11-9-29(4)10-12-30;1-18(2,3)27-17(26)25-6-4-11(5-7-25)28-16-22-13(19)8-14(24-16)23-15-21-10-12(9-20)29-15;1-7-4-2-6-3-5-7/h13,15-16H,5-12H2,1-4H3,(H,25,26,27,28);8,10-11H,4-7H2,1-3H3,(H,21,22,23,24);6H,2-5H2,1H3. The second-order valence-corrected chi connectivity index (χ2v) is 24.2. The van der Waals surface area contributed by atoms with Crippen LogP contribution >= 0.6 is 57.8 Å². The number of piperidine rings is 2. The minimum absolute atomic E-state index is 0.249. The number of piperazine rings is 2. The molecule has 8 heterocycles. The molecule has 25 heteroatoms. The molecule has 71 heavy (non-hydrogen) atoms. The van der Waals surface area contributed by atoms with Gasteiger partial charge in [0.1, 0.15) is 55.7 Å². The summed E-state index contributed by atoms with van der Waals surface area (Å²) in [7, 11) is 4.28. The van der Waals surface area contributed by atoms with Gasteiger partial charge >= 0.3 is 12.2 Å². The summed E-state index contributed by atoms with van der Waals surface area (Å²) in [6.07, 6.45) is 5.89. The van der Waals surface area contributed by atoms with Crippen LogP contribution in [0.3, 0.4) is 0 Å². The van der Waals surface area contributed by atoms with Crippen LogP contribution < -0.4 is 20.9 Å². The maximum Gasteiger partial charge on any atom is 0.410 e. The molecule has 0 aliphatic carbocycles. The Bertz CT molecular complexity index is 2440. The molecule has 384 valence electrons. The largest absolute Gasteiger partial charge is 0.444 e. The van der Waals surface area contributed by atoms with E-state index in [-0.39, 0.29) is 17.4 Å². The molecule has 0 bridgehead atoms. The molecule has 4 aromatic rings. The first-order chi connectivity index (χ1) is 33.8. The van der Waals surface area contributed by atoms with E-state index in [2.05, 4.69) is 76.8 Å². The molecule has 4 saturated heterocycles. The van der Waals surface area contributed by atoms with Crippen molar-refractivity contribution in [2.75, 3.05) is 108 Å². The van der Waals surface area contributed by atoms with Crippen molar-refractivity contribution < 1.29 is 19.1 Å². The quantitative estimate of drug-likeness (QED) is 0.106. The third kappa shape index (κ3) is 19.0. The van der Waals surface area contributed by atoms with Crippen LogP contribution in [-0.4, -0.2) is 176 Å². The van der Waals surface area contributed by atoms with Gasteiger partial charge in [0, 0.05) is 101 Å². The molecular formula is C46H65ClN16O4S4. The first-order valence-corrected chi connectivity index (χ1v) is 27.4. The van der Waals surface area contributed by atoms with Crippen molar-refractivity contribution in [2.45, 2.75) is 99.2 Å². The lowest BCUT2D eigenvalue weighted by Gasteiger charge is -2.34. The first kappa shape index (κ1) is 55.5. The van der Waals surface area contributed by atoms with E-state index >= 15 is 0 Å². The van der Waals surface area contributed by atoms with Gasteiger partial charge in [0.05, 0.1) is 12.4 Å². The van der Waals surface area contributed by atoms with Gasteiger partial charge in [0.25, 0.3) is 0 Å². The van der Waals surface area contributed by atoms with Gasteiger partial charge < -0.3 is 49.9 Å². The van der Waals surface area contributed by atoms with Gasteiger partial charge in [-0.1, -0.05) is 57.8 Å². The van der Waals surface area contributed by atoms with E-state index in [1.165, 1.54) is 42.0 Å². The molecule has 8 rings (SSSR count). The number of likely N-dealkylation sites (N-methyl/N-ethyl adjacent to an activating group) is 2. The van der Waals surface area contributed by atoms with Crippen molar-refractivity contribution >= 4 is 97.7 Å². The fourth-order valence-electron chi connectivity index (χ4n) is 7.27. The zero-order valence-corrected chi connectivity index (χ0v) is 45.8. The number of aromatic nitrogens is 6. The minimum Gasteiger partial charge on any atom is -0.444 e. The van der Waals surface area contributed by atoms with Gasteiger partial charge in [-0.05, 0) is 81.3 Å². The molecule has 0 aromatic carbocycles. The predicted octanol–water partition coefficient (Wildman–Crippen LogP) is 8.01. The summed E-state index contributed by atoms with van der Waals surface area (Å²) in [5.41, 5.74) is -0.985. The number of anilines is 5. The van der Waals surface area contributed by atoms with Gasteiger partial charge in [-0.2, -0.15) is 10.5 Å². The van der Waals surface area contributed by atoms with Gasteiger partial charge in [-0.15, -0.1) is 0 Å². The topological polar surface area (TPSA) is 230 Å². The van der Waals surface area contributed by atoms with Crippen molar-refractivity contribution in [2.24, 2.45) is 0 Å². The average Bonchev–Trinajstić information content (AvgIpc) is 3.98. The number of halogens is 1. The molecular weight excluding hydrogens is 1000 g/mol. The third-order valence-corrected chi connectivity index (χ3v) is 15.2. The molecule has 0 saturated carbocycles. The Labute approximate surface area is 438 Å². The van der Waals surface area contributed by atoms with E-state index in [0.717, 1.165) is 70.8 Å². The van der Waals surface area contributed by atoms with Crippen LogP contribution in [0.5, 0.6) is 0 Å². The number of nitrogens with one attached hydrogen (secondary N) is 3. The van der Waals surface area contributed by atoms with Crippen LogP contribution in [0.15, 0.2) is 34.8 Å². The summed E-state index contributed by atoms with van der Waals surface area (Å²) in [4.78, 5) is 62.9. The van der Waals surface area contributed by atoms with E-state index < -0.39 is 11.2 Å². The highest BCUT2D eigenvalue weighted by molar-refractivity contribution is 8.00. The Morgan fingerprint density at radius 1 is 0.676 bits per heavy atom. The molecule has 0 radical (unpaired) electrons. The number of nitrogens with zero attached hydrogens (tertiary/aromatic N) is 13. The molecule has 0 atom stereocenters. The molecule has 4 aromatic heterocycles. The summed E-state index contributed by atoms with van der Waals surface area (Å²) in [5.74, 6) is 2.08. The number of carbonyl (C=O) groups excluding carboxylic acids is 2. The van der Waals surface area contributed by atoms with Crippen LogP contribution in [0.25, 0.3) is 0 Å². The zero-order valence-electron chi connectivity index (χ0n) is 41.7. The number of thioether (sulfide) groups is 2. The molecule has 3 N–H and O–H groups in total. The predicted molar refractivity (Wildman–Crippen MR) is 283 cm³/mol. The normalized spacial score (nSPS) is 17.4. The minimum atomic E-state index is -0.494. The number of rotatable bonds is 9. The van der Waals surface area contributed by atoms with Crippen molar-refractivity contribution in [3.8, 4) is 12.1 Å². The van der Waals surface area contributed by atoms with Gasteiger partial charge in [-0.3, -0.25) is 0 Å². The fourth-order valence-corrected chi connectivity index (χ4v) is 10.8. The van der Waals surface area contributed by atoms with Crippen LogP contribution in [0.4, 0.5) is 37.3 Å². The number of likely N-dealkylation sites (tertiary alicyclic amines) is 2. The Balaban J connectivity index is 0.000000207. The van der Waals surface area contributed by atoms with E-state index in [1.54, 1.807) is 45.6 Å². The van der Waals surface area contributed by atoms with Gasteiger partial charge in [0.15, 0.2) is 20.6 Å². The summed E-state index contributed by atoms with van der Waals surface area (Å²) in [5, 5.41) is 31.0. The number of hydrogen-bond donors (Lipinski definition) is 3. The number of nitriles is 2. The van der Waals surface area contributed by atoms with Crippen molar-refractivity contribution in [3.63, 3.8) is 0 Å². The van der Waals surface area contributed by atoms with Gasteiger partial charge in [0.2, 0.25) is 0 Å². The molecule has 20 nitrogen and oxygen atoms in total. The van der Waals surface area contributed by atoms with E-state index in [1.807, 2.05) is 47.6 Å². The van der Waals surface area contributed by atoms with E-state index in [9.17, 15) is 9.59 Å². The average molecular weight is 1070 g/mol. The maximum absolute atomic E-state index is 12.4. The lowest BCUT2D eigenvalue weighted by Crippen LogP contribution is -2.44. The van der Waals surface area contributed by atoms with Crippen molar-refractivity contribution in [3.05, 3.63) is 39.4 Å². The van der Waals surface area contributed by atoms with Crippen LogP contribution in [-0.2, 0) is 9.47 Å². The molecule has 4 aliphatic heterocycles. The van der Waals surface area contributed by atoms with Crippen LogP contribution in [0.1, 0.15) is 77.0 Å². The number of hydrogen-bond acceptors (Lipinski definition) is 22. The maximum atomic E-state index is 12.4. The number of amides is 2. The van der Waals surface area contributed by atoms with Crippen LogP contribution in [0.2, 0.25) is 5.15 Å². The number of thiazole rings is 2. The molecule has 0 unspecified atom stereocenters. The lowest BCUT2D eigenvalue weighted by atomic mass is 10.1. The lowest BCUT2D eigenvalue weighted by molar-refractivity contribution is 0.0208. The Morgan fingerprint density at radius 3 is 1.52 bits per heavy atom. The Kier molecular flexibility index (Phi) is 20.5. The SMILES string of the molecule is CC(C)(C)OC(=O)N1CCC(Sc2nc(Cl)cc(Nc3ncc(C#N)s3)n2)CC1.CN1CCN(c2cc(Nc3ncc(C#N)s3)nc(SC3CCN(C(=O)OC(C)(C)C)CC3)n2)CC1.CN1CCNCC1. The number of carbonyl (C=O) groups is 2. The van der Waals surface area contributed by atoms with Gasteiger partial charge in [-0.25, -0.2) is 39.5 Å². The monoisotopic (exact) mass is 1070 g/mol. The van der Waals surface area contributed by atoms with Crippen LogP contribution in [0, 0.1) is 22.7 Å². The molecule has 4 aliphatic rings. The summed E-state index contributed by atoms with van der Waals surface area (Å²) in [6.45, 7) is 22.3. The summed E-state index contributed by atoms with van der Waals surface area (Å²) < 4.78 is 10.9. The third-order valence-electron chi connectivity index (χ3n) is 11.0. The summed E-state index contributed by atoms with van der Waals surface area (Å²) in [6, 6.07) is 7.74. The Hall–Kier alpha value is -4.79. The highest BCUT2D eigenvalue weighted by Gasteiger charge is 2.30. The smallest absolute Gasteiger partial charge is 0.410 e.